The number of hydrogen-bond donors (Lipinski definition) is 4. The van der Waals surface area contributed by atoms with E-state index in [0.29, 0.717) is 17.8 Å². The summed E-state index contributed by atoms with van der Waals surface area (Å²) in [6.45, 7) is 4.38. The van der Waals surface area contributed by atoms with Crippen molar-refractivity contribution in [3.63, 3.8) is 0 Å². The van der Waals surface area contributed by atoms with Gasteiger partial charge in [-0.1, -0.05) is 108 Å². The summed E-state index contributed by atoms with van der Waals surface area (Å²) in [5.74, 6) is -1.13. The SMILES string of the molecule is CCCCCCCCCCCCCCNC(=O)[C@@H](c1c(NS(=O)O)ccc2ccccc12)[C@@H](C)O. The minimum atomic E-state index is -2.29. The van der Waals surface area contributed by atoms with Gasteiger partial charge in [0.1, 0.15) is 0 Å². The van der Waals surface area contributed by atoms with Gasteiger partial charge in [-0.25, -0.2) is 4.21 Å². The molecule has 0 saturated carbocycles. The van der Waals surface area contributed by atoms with Crippen LogP contribution >= 0.6 is 0 Å². The first-order valence-electron chi connectivity index (χ1n) is 13.3. The van der Waals surface area contributed by atoms with Gasteiger partial charge < -0.3 is 10.4 Å². The van der Waals surface area contributed by atoms with Crippen molar-refractivity contribution in [2.75, 3.05) is 11.3 Å². The monoisotopic (exact) mass is 504 g/mol. The van der Waals surface area contributed by atoms with E-state index in [1.165, 1.54) is 64.2 Å². The van der Waals surface area contributed by atoms with Crippen LogP contribution in [0.3, 0.4) is 0 Å². The van der Waals surface area contributed by atoms with E-state index < -0.39 is 23.3 Å². The average Bonchev–Trinajstić information content (AvgIpc) is 2.83. The first-order valence-corrected chi connectivity index (χ1v) is 14.4. The normalized spacial score (nSPS) is 13.9. The first-order chi connectivity index (χ1) is 17.0. The summed E-state index contributed by atoms with van der Waals surface area (Å²) >= 11 is -2.29. The van der Waals surface area contributed by atoms with Crippen LogP contribution in [-0.2, 0) is 16.1 Å². The number of nitrogens with one attached hydrogen (secondary N) is 2. The second-order valence-electron chi connectivity index (χ2n) is 9.50. The summed E-state index contributed by atoms with van der Waals surface area (Å²) < 4.78 is 23.4. The van der Waals surface area contributed by atoms with Gasteiger partial charge in [-0.2, -0.15) is 0 Å². The first kappa shape index (κ1) is 29.3. The number of amides is 1. The second kappa shape index (κ2) is 16.7. The molecule has 4 N–H and O–H groups in total. The van der Waals surface area contributed by atoms with Crippen LogP contribution < -0.4 is 10.0 Å². The number of unbranched alkanes of at least 4 members (excludes halogenated alkanes) is 11. The zero-order valence-corrected chi connectivity index (χ0v) is 22.2. The molecule has 0 saturated heterocycles. The van der Waals surface area contributed by atoms with E-state index in [1.54, 1.807) is 13.0 Å². The highest BCUT2D eigenvalue weighted by atomic mass is 32.2. The number of benzene rings is 2. The number of aliphatic hydroxyl groups excluding tert-OH is 1. The van der Waals surface area contributed by atoms with Crippen LogP contribution in [0.25, 0.3) is 10.8 Å². The largest absolute Gasteiger partial charge is 0.392 e. The van der Waals surface area contributed by atoms with Crippen LogP contribution in [0.15, 0.2) is 36.4 Å². The van der Waals surface area contributed by atoms with Crippen molar-refractivity contribution in [3.8, 4) is 0 Å². The lowest BCUT2D eigenvalue weighted by molar-refractivity contribution is -0.124. The number of aliphatic hydroxyl groups is 1. The quantitative estimate of drug-likeness (QED) is 0.135. The van der Waals surface area contributed by atoms with Crippen molar-refractivity contribution in [1.29, 1.82) is 0 Å². The number of fused-ring (bicyclic) bond motifs is 1. The molecule has 7 heteroatoms. The summed E-state index contributed by atoms with van der Waals surface area (Å²) in [4.78, 5) is 13.1. The standard InChI is InChI=1S/C28H44N2O4S/c1-3-4-5-6-7-8-9-10-11-12-13-16-21-29-28(32)26(22(2)31)27-24-18-15-14-17-23(24)19-20-25(27)30-35(33)34/h14-15,17-20,22,26,30-31H,3-13,16,21H2,1-2H3,(H,29,32)(H,33,34)/t22-,26-/m1/s1. The van der Waals surface area contributed by atoms with Crippen LogP contribution in [0.5, 0.6) is 0 Å². The fourth-order valence-corrected chi connectivity index (χ4v) is 5.06. The van der Waals surface area contributed by atoms with Crippen LogP contribution in [0.1, 0.15) is 102 Å². The van der Waals surface area contributed by atoms with Gasteiger partial charge in [0.15, 0.2) is 0 Å². The van der Waals surface area contributed by atoms with E-state index in [1.807, 2.05) is 30.3 Å². The molecule has 0 aromatic heterocycles. The molecule has 2 aromatic carbocycles. The van der Waals surface area contributed by atoms with Crippen molar-refractivity contribution < 1.29 is 18.7 Å². The Morgan fingerprint density at radius 1 is 0.886 bits per heavy atom. The summed E-state index contributed by atoms with van der Waals surface area (Å²) in [5, 5.41) is 15.2. The molecule has 196 valence electrons. The van der Waals surface area contributed by atoms with Crippen LogP contribution in [-0.4, -0.2) is 32.4 Å². The Morgan fingerprint density at radius 2 is 1.46 bits per heavy atom. The number of rotatable bonds is 18. The number of hydrogen-bond acceptors (Lipinski definition) is 3. The summed E-state index contributed by atoms with van der Waals surface area (Å²) in [6, 6.07) is 11.0. The molecule has 3 atom stereocenters. The molecule has 0 aliphatic rings. The van der Waals surface area contributed by atoms with Crippen molar-refractivity contribution in [3.05, 3.63) is 42.0 Å². The van der Waals surface area contributed by atoms with Gasteiger partial charge in [0.25, 0.3) is 11.3 Å². The topological polar surface area (TPSA) is 98.7 Å². The number of anilines is 1. The lowest BCUT2D eigenvalue weighted by Gasteiger charge is -2.24. The van der Waals surface area contributed by atoms with Gasteiger partial charge >= 0.3 is 0 Å². The van der Waals surface area contributed by atoms with Crippen molar-refractivity contribution in [1.82, 2.24) is 5.32 Å². The average molecular weight is 505 g/mol. The molecule has 1 unspecified atom stereocenters. The van der Waals surface area contributed by atoms with Gasteiger partial charge in [0.2, 0.25) is 5.91 Å². The number of carbonyl (C=O) groups excluding carboxylic acids is 1. The maximum atomic E-state index is 13.1. The fraction of sp³-hybridized carbons (Fsp3) is 0.607. The molecule has 1 amide bonds. The Morgan fingerprint density at radius 3 is 2.03 bits per heavy atom. The second-order valence-corrected chi connectivity index (χ2v) is 10.2. The molecule has 0 radical (unpaired) electrons. The van der Waals surface area contributed by atoms with Crippen molar-refractivity contribution in [2.45, 2.75) is 103 Å². The molecule has 0 fully saturated rings. The highest BCUT2D eigenvalue weighted by molar-refractivity contribution is 7.80. The Balaban J connectivity index is 1.83. The molecule has 2 rings (SSSR count). The van der Waals surface area contributed by atoms with E-state index in [9.17, 15) is 18.7 Å². The predicted molar refractivity (Wildman–Crippen MR) is 147 cm³/mol. The van der Waals surface area contributed by atoms with E-state index >= 15 is 0 Å². The lowest BCUT2D eigenvalue weighted by Crippen LogP contribution is -2.36. The Labute approximate surface area is 213 Å². The third-order valence-corrected chi connectivity index (χ3v) is 6.97. The predicted octanol–water partition coefficient (Wildman–Crippen LogP) is 6.67. The molecule has 6 nitrogen and oxygen atoms in total. The third kappa shape index (κ3) is 10.3. The summed E-state index contributed by atoms with van der Waals surface area (Å²) in [6.07, 6.45) is 14.1. The third-order valence-electron chi connectivity index (χ3n) is 6.57. The van der Waals surface area contributed by atoms with Gasteiger partial charge in [-0.3, -0.25) is 14.1 Å². The maximum absolute atomic E-state index is 13.1. The maximum Gasteiger partial charge on any atom is 0.259 e. The van der Waals surface area contributed by atoms with Crippen LogP contribution in [0.4, 0.5) is 5.69 Å². The molecule has 0 spiro atoms. The minimum absolute atomic E-state index is 0.272. The van der Waals surface area contributed by atoms with Gasteiger partial charge in [-0.05, 0) is 35.7 Å². The molecular formula is C28H44N2O4S. The van der Waals surface area contributed by atoms with Crippen LogP contribution in [0, 0.1) is 0 Å². The summed E-state index contributed by atoms with van der Waals surface area (Å²) in [7, 11) is 0. The van der Waals surface area contributed by atoms with Gasteiger partial charge in [0.05, 0.1) is 17.7 Å². The highest BCUT2D eigenvalue weighted by Crippen LogP contribution is 2.35. The Bertz CT molecular complexity index is 919. The smallest absolute Gasteiger partial charge is 0.259 e. The molecular weight excluding hydrogens is 460 g/mol. The molecule has 35 heavy (non-hydrogen) atoms. The highest BCUT2D eigenvalue weighted by Gasteiger charge is 2.30. The zero-order valence-electron chi connectivity index (χ0n) is 21.4. The molecule has 0 aliphatic carbocycles. The lowest BCUT2D eigenvalue weighted by atomic mass is 9.87. The molecule has 0 bridgehead atoms. The summed E-state index contributed by atoms with van der Waals surface area (Å²) in [5.41, 5.74) is 0.906. The Kier molecular flexibility index (Phi) is 13.9. The molecule has 0 aliphatic heterocycles. The fourth-order valence-electron chi connectivity index (χ4n) is 4.69. The van der Waals surface area contributed by atoms with E-state index in [4.69, 9.17) is 0 Å². The van der Waals surface area contributed by atoms with E-state index in [-0.39, 0.29) is 5.91 Å². The number of carbonyl (C=O) groups is 1. The molecule has 0 heterocycles. The zero-order chi connectivity index (χ0) is 25.5. The van der Waals surface area contributed by atoms with E-state index in [2.05, 4.69) is 17.0 Å². The van der Waals surface area contributed by atoms with E-state index in [0.717, 1.165) is 23.6 Å². The van der Waals surface area contributed by atoms with Gasteiger partial charge in [-0.15, -0.1) is 0 Å². The molecule has 2 aromatic rings. The minimum Gasteiger partial charge on any atom is -0.392 e. The van der Waals surface area contributed by atoms with Crippen molar-refractivity contribution >= 4 is 33.6 Å². The van der Waals surface area contributed by atoms with Crippen molar-refractivity contribution in [2.24, 2.45) is 0 Å². The van der Waals surface area contributed by atoms with Crippen LogP contribution in [0.2, 0.25) is 0 Å². The Hall–Kier alpha value is -1.96. The van der Waals surface area contributed by atoms with Gasteiger partial charge in [0, 0.05) is 6.54 Å².